The van der Waals surface area contributed by atoms with Gasteiger partial charge >= 0.3 is 36.3 Å². The number of aliphatic hydroxyl groups excluding tert-OH is 1. The molecule has 3 N–H and O–H groups in total. The Bertz CT molecular complexity index is 2960. The van der Waals surface area contributed by atoms with E-state index in [2.05, 4.69) is 5.32 Å². The topological polar surface area (TPSA) is 274 Å². The predicted molar refractivity (Wildman–Crippen MR) is 302 cm³/mol. The lowest BCUT2D eigenvalue weighted by atomic mass is 9.44. The van der Waals surface area contributed by atoms with Crippen molar-refractivity contribution >= 4 is 112 Å². The highest BCUT2D eigenvalue weighted by Gasteiger charge is 2.79. The molecule has 4 aliphatic rings. The van der Waals surface area contributed by atoms with Crippen LogP contribution in [0.5, 0.6) is 5.75 Å². The number of hydrogen-bond donors (Lipinski definition) is 3. The molecular formula is C57H63Cl6NO20. The summed E-state index contributed by atoms with van der Waals surface area (Å²) in [6.45, 7) is 7.48. The molecule has 21 nitrogen and oxygen atoms in total. The number of esters is 3. The number of rotatable bonds is 18. The van der Waals surface area contributed by atoms with Crippen molar-refractivity contribution in [3.8, 4) is 5.75 Å². The van der Waals surface area contributed by atoms with Crippen molar-refractivity contribution in [2.24, 2.45) is 16.7 Å². The molecule has 1 heterocycles. The quantitative estimate of drug-likeness (QED) is 0.0463. The number of nitrogens with one attached hydrogen (secondary N) is 1. The minimum atomic E-state index is -2.69. The van der Waals surface area contributed by atoms with Crippen LogP contribution < -0.4 is 10.1 Å². The molecule has 0 radical (unpaired) electrons. The lowest BCUT2D eigenvalue weighted by Gasteiger charge is -2.67. The second-order valence-electron chi connectivity index (χ2n) is 22.1. The van der Waals surface area contributed by atoms with E-state index in [-0.39, 0.29) is 35.5 Å². The van der Waals surface area contributed by atoms with Gasteiger partial charge in [0.15, 0.2) is 23.6 Å². The lowest BCUT2D eigenvalue weighted by Crippen LogP contribution is -2.82. The van der Waals surface area contributed by atoms with Gasteiger partial charge in [-0.15, -0.1) is 0 Å². The summed E-state index contributed by atoms with van der Waals surface area (Å²) in [5, 5.41) is 28.9. The van der Waals surface area contributed by atoms with Gasteiger partial charge in [0.25, 0.3) is 0 Å². The Balaban J connectivity index is 1.34. The Kier molecular flexibility index (Phi) is 20.4. The molecule has 1 saturated heterocycles. The van der Waals surface area contributed by atoms with Crippen LogP contribution in [0.25, 0.3) is 0 Å². The summed E-state index contributed by atoms with van der Waals surface area (Å²) in [4.78, 5) is 101. The average Bonchev–Trinajstić information content (AvgIpc) is 0.679. The third-order valence-electron chi connectivity index (χ3n) is 15.5. The summed E-state index contributed by atoms with van der Waals surface area (Å²) < 4.78 is 59.6. The fraction of sp³-hybridized carbons (Fsp3) is 0.526. The first-order valence-corrected chi connectivity index (χ1v) is 28.4. The predicted octanol–water partition coefficient (Wildman–Crippen LogP) is 9.53. The number of ether oxygens (including phenoxy) is 11. The van der Waals surface area contributed by atoms with Crippen LogP contribution in [-0.2, 0) is 68.4 Å². The Morgan fingerprint density at radius 3 is 1.93 bits per heavy atom. The van der Waals surface area contributed by atoms with Gasteiger partial charge in [-0.3, -0.25) is 9.59 Å². The molecule has 1 aliphatic heterocycles. The smallest absolute Gasteiger partial charge is 0.497 e. The minimum Gasteiger partial charge on any atom is -0.497 e. The number of aliphatic hydroxyl groups is 2. The Morgan fingerprint density at radius 2 is 1.38 bits per heavy atom. The number of hydrogen-bond acceptors (Lipinski definition) is 20. The normalized spacial score (nSPS) is 27.0. The number of alkyl halides is 6. The van der Waals surface area contributed by atoms with Gasteiger partial charge in [-0.1, -0.05) is 144 Å². The molecular weight excluding hydrogens is 1230 g/mol. The summed E-state index contributed by atoms with van der Waals surface area (Å²) in [6, 6.07) is 20.9. The second-order valence-corrected chi connectivity index (χ2v) is 27.1. The molecule has 84 heavy (non-hydrogen) atoms. The maximum Gasteiger partial charge on any atom is 0.509 e. The fourth-order valence-electron chi connectivity index (χ4n) is 11.5. The molecule has 3 aliphatic carbocycles. The monoisotopic (exact) mass is 1290 g/mol. The van der Waals surface area contributed by atoms with Gasteiger partial charge in [0.05, 0.1) is 49.9 Å². The second kappa shape index (κ2) is 25.9. The molecule has 27 heteroatoms. The van der Waals surface area contributed by atoms with E-state index in [0.29, 0.717) is 5.75 Å². The van der Waals surface area contributed by atoms with Crippen molar-refractivity contribution in [1.82, 2.24) is 5.32 Å². The van der Waals surface area contributed by atoms with Crippen LogP contribution in [0.3, 0.4) is 0 Å². The molecule has 7 rings (SSSR count). The van der Waals surface area contributed by atoms with E-state index in [1.54, 1.807) is 57.4 Å². The van der Waals surface area contributed by atoms with Crippen LogP contribution in [0.15, 0.2) is 96.1 Å². The van der Waals surface area contributed by atoms with Crippen LogP contribution >= 0.6 is 69.6 Å². The molecule has 11 atom stereocenters. The minimum absolute atomic E-state index is 0.0648. The van der Waals surface area contributed by atoms with Gasteiger partial charge in [0.2, 0.25) is 7.59 Å². The van der Waals surface area contributed by atoms with E-state index in [4.69, 9.17) is 122 Å². The molecule has 0 unspecified atom stereocenters. The molecule has 0 spiro atoms. The van der Waals surface area contributed by atoms with Crippen LogP contribution in [0.1, 0.15) is 88.8 Å². The van der Waals surface area contributed by atoms with Crippen molar-refractivity contribution in [3.05, 3.63) is 113 Å². The molecule has 3 aromatic rings. The zero-order valence-corrected chi connectivity index (χ0v) is 51.2. The van der Waals surface area contributed by atoms with Crippen molar-refractivity contribution in [2.45, 2.75) is 135 Å². The number of halogens is 6. The number of ketones is 1. The number of carbonyl (C=O) groups excluding carboxylic acids is 7. The highest BCUT2D eigenvalue weighted by Crippen LogP contribution is 2.65. The van der Waals surface area contributed by atoms with Gasteiger partial charge in [-0.25, -0.2) is 24.0 Å². The number of Topliss-reactive ketones (excluding diaryl/α,β-unsaturated/α-hetero) is 1. The number of fused-ring (bicyclic) bond motifs is 5. The fourth-order valence-corrected chi connectivity index (χ4v) is 11.8. The van der Waals surface area contributed by atoms with Gasteiger partial charge < -0.3 is 67.6 Å². The zero-order chi connectivity index (χ0) is 62.0. The number of alkyl carbamates (subject to hydrolysis) is 1. The zero-order valence-electron chi connectivity index (χ0n) is 46.7. The van der Waals surface area contributed by atoms with E-state index < -0.39 is 159 Å². The Labute approximate surface area is 513 Å². The molecule has 458 valence electrons. The largest absolute Gasteiger partial charge is 0.509 e. The maximum absolute atomic E-state index is 16.4. The Hall–Kier alpha value is -5.33. The van der Waals surface area contributed by atoms with E-state index in [9.17, 15) is 39.0 Å². The molecule has 3 aromatic carbocycles. The van der Waals surface area contributed by atoms with Crippen molar-refractivity contribution in [2.75, 3.05) is 33.5 Å². The molecule has 0 aromatic heterocycles. The van der Waals surface area contributed by atoms with Gasteiger partial charge in [0.1, 0.15) is 54.6 Å². The first-order valence-electron chi connectivity index (χ1n) is 26.2. The third kappa shape index (κ3) is 14.6. The number of carbonyl (C=O) groups is 7. The van der Waals surface area contributed by atoms with E-state index in [1.807, 2.05) is 12.1 Å². The number of amides is 1. The van der Waals surface area contributed by atoms with E-state index >= 15 is 4.79 Å². The molecule has 1 amide bonds. The SMILES string of the molecule is COc1ccc(COCC(C)(C)OC(=O)N[C@@H](c2ccccc2)[C@@H](O)C(=O)O[C@H]2C[C@@]3(O)[C@@H](OC(=O)c4ccccc4)[C@@H]4[C@]5(OC(C)=O)CO[C@@H]5C[C@H](OC(=O)OCC(Cl)(Cl)Cl)[C@@]4(C)C(=O)[C@H](OC(=O)OCC(Cl)(Cl)Cl)C(=C2C)C3(C)C)cc1. The van der Waals surface area contributed by atoms with Gasteiger partial charge in [-0.2, -0.15) is 0 Å². The van der Waals surface area contributed by atoms with E-state index in [1.165, 1.54) is 64.1 Å². The lowest BCUT2D eigenvalue weighted by molar-refractivity contribution is -0.346. The Morgan fingerprint density at radius 1 is 0.798 bits per heavy atom. The molecule has 2 saturated carbocycles. The summed E-state index contributed by atoms with van der Waals surface area (Å²) in [5.74, 6) is -5.82. The number of methoxy groups -OCH3 is 1. The summed E-state index contributed by atoms with van der Waals surface area (Å²) >= 11 is 35.6. The van der Waals surface area contributed by atoms with Gasteiger partial charge in [0, 0.05) is 25.2 Å². The van der Waals surface area contributed by atoms with E-state index in [0.717, 1.165) is 12.5 Å². The molecule has 3 fully saturated rings. The van der Waals surface area contributed by atoms with Crippen molar-refractivity contribution in [3.63, 3.8) is 0 Å². The summed E-state index contributed by atoms with van der Waals surface area (Å²) in [7, 11) is 1.54. The average molecular weight is 1290 g/mol. The highest BCUT2D eigenvalue weighted by atomic mass is 35.6. The van der Waals surface area contributed by atoms with Crippen molar-refractivity contribution < 1.29 is 95.9 Å². The summed E-state index contributed by atoms with van der Waals surface area (Å²) in [5.41, 5.74) is -9.84. The van der Waals surface area contributed by atoms with Crippen LogP contribution in [0, 0.1) is 16.7 Å². The van der Waals surface area contributed by atoms with Crippen molar-refractivity contribution in [1.29, 1.82) is 0 Å². The first-order chi connectivity index (χ1) is 39.2. The van der Waals surface area contributed by atoms with Crippen LogP contribution in [0.2, 0.25) is 0 Å². The van der Waals surface area contributed by atoms with Crippen LogP contribution in [0.4, 0.5) is 14.4 Å². The summed E-state index contributed by atoms with van der Waals surface area (Å²) in [6.07, 6.45) is -16.9. The standard InChI is InChI=1S/C57H63Cl6NO20/c1-30-36(79-47(69)41(66)40(33-15-11-9-12-16-33)64-48(70)84-51(3,4)26-75-25-32-19-21-35(74-8)22-20-32)24-55(73)45(82-46(68)34-17-13-10-14-18-34)43-53(7,44(67)42(39(30)52(55,5)6)81-50(72)78-29-57(61,62)63)37(80-49(71)77-28-56(58,59)60)23-38-54(43,27-76-38)83-31(2)65/h9-22,36-38,40-43,45,66,73H,23-29H2,1-8H3,(H,64,70)/t36-,37-,38+,40-,41+,42+,43-,45-,53+,54-,55+/m0/s1. The molecule has 2 bridgehead atoms. The third-order valence-corrected chi connectivity index (χ3v) is 16.2. The first kappa shape index (κ1) is 66.2. The maximum atomic E-state index is 16.4. The van der Waals surface area contributed by atoms with Crippen LogP contribution in [-0.4, -0.2) is 147 Å². The van der Waals surface area contributed by atoms with Gasteiger partial charge in [-0.05, 0) is 74.2 Å². The number of benzene rings is 3. The highest BCUT2D eigenvalue weighted by molar-refractivity contribution is 6.68.